The summed E-state index contributed by atoms with van der Waals surface area (Å²) in [6.45, 7) is 4.09. The van der Waals surface area contributed by atoms with E-state index in [0.717, 1.165) is 23.0 Å². The molecule has 0 radical (unpaired) electrons. The summed E-state index contributed by atoms with van der Waals surface area (Å²) in [5.41, 5.74) is 0.929. The van der Waals surface area contributed by atoms with Crippen molar-refractivity contribution >= 4 is 25.8 Å². The molecule has 20 heavy (non-hydrogen) atoms. The summed E-state index contributed by atoms with van der Waals surface area (Å²) in [5, 5.41) is 7.19. The van der Waals surface area contributed by atoms with Gasteiger partial charge in [0.25, 0.3) is 0 Å². The van der Waals surface area contributed by atoms with E-state index in [1.165, 1.54) is 0 Å². The second kappa shape index (κ2) is 6.15. The highest BCUT2D eigenvalue weighted by molar-refractivity contribution is 9.10. The Kier molecular flexibility index (Phi) is 4.92. The van der Waals surface area contributed by atoms with Crippen molar-refractivity contribution in [3.63, 3.8) is 0 Å². The first kappa shape index (κ1) is 16.0. The summed E-state index contributed by atoms with van der Waals surface area (Å²) in [5.74, 6) is 0.295. The molecule has 1 aromatic rings. The van der Waals surface area contributed by atoms with Gasteiger partial charge in [0.1, 0.15) is 0 Å². The van der Waals surface area contributed by atoms with E-state index in [1.807, 2.05) is 25.6 Å². The van der Waals surface area contributed by atoms with Crippen molar-refractivity contribution in [1.82, 2.24) is 15.1 Å². The molecule has 2 heterocycles. The van der Waals surface area contributed by atoms with Crippen LogP contribution in [-0.4, -0.2) is 36.2 Å². The molecule has 1 fully saturated rings. The van der Waals surface area contributed by atoms with Crippen molar-refractivity contribution in [3.8, 4) is 0 Å². The Hall–Kier alpha value is -0.400. The standard InChI is InChI=1S/C13H22BrN3O2S/c1-9(2)17-13(10(14)8-16-17)12(15-3)11-6-4-5-7-20(11,18)19/h8-9,11-12,15H,4-7H2,1-3H3. The van der Waals surface area contributed by atoms with Crippen LogP contribution in [0.5, 0.6) is 0 Å². The van der Waals surface area contributed by atoms with Crippen LogP contribution in [0.3, 0.4) is 0 Å². The van der Waals surface area contributed by atoms with Gasteiger partial charge in [-0.2, -0.15) is 5.10 Å². The van der Waals surface area contributed by atoms with Gasteiger partial charge in [-0.1, -0.05) is 6.42 Å². The van der Waals surface area contributed by atoms with Gasteiger partial charge in [0.2, 0.25) is 0 Å². The van der Waals surface area contributed by atoms with E-state index in [9.17, 15) is 8.42 Å². The van der Waals surface area contributed by atoms with Gasteiger partial charge in [-0.15, -0.1) is 0 Å². The fourth-order valence-corrected chi connectivity index (χ4v) is 5.54. The van der Waals surface area contributed by atoms with Gasteiger partial charge in [0.15, 0.2) is 9.84 Å². The zero-order valence-electron chi connectivity index (χ0n) is 12.1. The maximum atomic E-state index is 12.4. The second-order valence-corrected chi connectivity index (χ2v) is 8.78. The number of aromatic nitrogens is 2. The number of hydrogen-bond acceptors (Lipinski definition) is 4. The lowest BCUT2D eigenvalue weighted by atomic mass is 10.0. The Morgan fingerprint density at radius 3 is 2.70 bits per heavy atom. The molecule has 7 heteroatoms. The van der Waals surface area contributed by atoms with Gasteiger partial charge in [0, 0.05) is 6.04 Å². The van der Waals surface area contributed by atoms with E-state index in [0.29, 0.717) is 12.2 Å². The van der Waals surface area contributed by atoms with Crippen LogP contribution in [0.1, 0.15) is 50.9 Å². The molecule has 0 saturated carbocycles. The highest BCUT2D eigenvalue weighted by Gasteiger charge is 2.38. The van der Waals surface area contributed by atoms with Gasteiger partial charge in [0.05, 0.1) is 33.4 Å². The van der Waals surface area contributed by atoms with Crippen molar-refractivity contribution in [2.24, 2.45) is 0 Å². The highest BCUT2D eigenvalue weighted by Crippen LogP contribution is 2.34. The molecular formula is C13H22BrN3O2S. The van der Waals surface area contributed by atoms with E-state index < -0.39 is 9.84 Å². The van der Waals surface area contributed by atoms with Crippen LogP contribution in [0.15, 0.2) is 10.7 Å². The Morgan fingerprint density at radius 1 is 1.45 bits per heavy atom. The zero-order chi connectivity index (χ0) is 14.9. The van der Waals surface area contributed by atoms with Crippen molar-refractivity contribution in [2.75, 3.05) is 12.8 Å². The molecule has 5 nitrogen and oxygen atoms in total. The molecule has 1 aliphatic rings. The van der Waals surface area contributed by atoms with E-state index in [4.69, 9.17) is 0 Å². The number of nitrogens with zero attached hydrogens (tertiary/aromatic N) is 2. The van der Waals surface area contributed by atoms with Crippen molar-refractivity contribution in [3.05, 3.63) is 16.4 Å². The third-order valence-corrected chi connectivity index (χ3v) is 6.78. The summed E-state index contributed by atoms with van der Waals surface area (Å²) < 4.78 is 27.5. The zero-order valence-corrected chi connectivity index (χ0v) is 14.5. The molecule has 0 aromatic carbocycles. The van der Waals surface area contributed by atoms with Gasteiger partial charge >= 0.3 is 0 Å². The molecular weight excluding hydrogens is 342 g/mol. The molecule has 2 atom stereocenters. The van der Waals surface area contributed by atoms with Crippen LogP contribution >= 0.6 is 15.9 Å². The van der Waals surface area contributed by atoms with Crippen LogP contribution in [0.2, 0.25) is 0 Å². The molecule has 2 rings (SSSR count). The second-order valence-electron chi connectivity index (χ2n) is 5.58. The van der Waals surface area contributed by atoms with E-state index in [-0.39, 0.29) is 17.3 Å². The Labute approximate surface area is 129 Å². The van der Waals surface area contributed by atoms with Crippen LogP contribution < -0.4 is 5.32 Å². The molecule has 0 amide bonds. The first-order valence-electron chi connectivity index (χ1n) is 7.00. The Morgan fingerprint density at radius 2 is 2.15 bits per heavy atom. The SMILES string of the molecule is CNC(c1c(Br)cnn1C(C)C)C1CCCCS1(=O)=O. The fourth-order valence-electron chi connectivity index (χ4n) is 2.91. The van der Waals surface area contributed by atoms with Crippen LogP contribution in [0.4, 0.5) is 0 Å². The number of hydrogen-bond donors (Lipinski definition) is 1. The van der Waals surface area contributed by atoms with Crippen LogP contribution in [-0.2, 0) is 9.84 Å². The van der Waals surface area contributed by atoms with E-state index >= 15 is 0 Å². The maximum absolute atomic E-state index is 12.4. The first-order valence-corrected chi connectivity index (χ1v) is 9.51. The van der Waals surface area contributed by atoms with Gasteiger partial charge in [-0.05, 0) is 49.7 Å². The summed E-state index contributed by atoms with van der Waals surface area (Å²) >= 11 is 3.51. The van der Waals surface area contributed by atoms with E-state index in [2.05, 4.69) is 26.3 Å². The largest absolute Gasteiger partial charge is 0.311 e. The minimum Gasteiger partial charge on any atom is -0.311 e. The molecule has 0 aliphatic carbocycles. The molecule has 0 bridgehead atoms. The normalized spacial score (nSPS) is 23.9. The topological polar surface area (TPSA) is 64.0 Å². The molecule has 2 unspecified atom stereocenters. The Balaban J connectivity index is 2.45. The van der Waals surface area contributed by atoms with E-state index in [1.54, 1.807) is 6.20 Å². The molecule has 1 aromatic heterocycles. The first-order chi connectivity index (χ1) is 9.38. The van der Waals surface area contributed by atoms with Crippen molar-refractivity contribution < 1.29 is 8.42 Å². The quantitative estimate of drug-likeness (QED) is 0.892. The fraction of sp³-hybridized carbons (Fsp3) is 0.769. The molecule has 1 aliphatic heterocycles. The number of sulfone groups is 1. The average molecular weight is 364 g/mol. The van der Waals surface area contributed by atoms with Crippen molar-refractivity contribution in [1.29, 1.82) is 0 Å². The third kappa shape index (κ3) is 2.94. The minimum atomic E-state index is -3.04. The molecule has 114 valence electrons. The maximum Gasteiger partial charge on any atom is 0.155 e. The smallest absolute Gasteiger partial charge is 0.155 e. The summed E-state index contributed by atoms with van der Waals surface area (Å²) in [6, 6.07) is -0.0296. The number of nitrogens with one attached hydrogen (secondary N) is 1. The summed E-state index contributed by atoms with van der Waals surface area (Å²) in [6.07, 6.45) is 4.20. The minimum absolute atomic E-state index is 0.193. The molecule has 1 N–H and O–H groups in total. The van der Waals surface area contributed by atoms with Gasteiger partial charge in [-0.3, -0.25) is 4.68 Å². The molecule has 0 spiro atoms. The predicted octanol–water partition coefficient (Wildman–Crippen LogP) is 2.45. The molecule has 1 saturated heterocycles. The van der Waals surface area contributed by atoms with Crippen LogP contribution in [0, 0.1) is 0 Å². The average Bonchev–Trinajstić information content (AvgIpc) is 2.75. The third-order valence-electron chi connectivity index (χ3n) is 3.88. The summed E-state index contributed by atoms with van der Waals surface area (Å²) in [4.78, 5) is 0. The lowest BCUT2D eigenvalue weighted by Gasteiger charge is -2.31. The lowest BCUT2D eigenvalue weighted by Crippen LogP contribution is -2.40. The monoisotopic (exact) mass is 363 g/mol. The van der Waals surface area contributed by atoms with Gasteiger partial charge in [-0.25, -0.2) is 8.42 Å². The van der Waals surface area contributed by atoms with Crippen molar-refractivity contribution in [2.45, 2.75) is 50.4 Å². The highest BCUT2D eigenvalue weighted by atomic mass is 79.9. The lowest BCUT2D eigenvalue weighted by molar-refractivity contribution is 0.420. The Bertz CT molecular complexity index is 568. The predicted molar refractivity (Wildman–Crippen MR) is 83.5 cm³/mol. The number of halogens is 1. The van der Waals surface area contributed by atoms with Crippen LogP contribution in [0.25, 0.3) is 0 Å². The summed E-state index contributed by atoms with van der Waals surface area (Å²) in [7, 11) is -1.23. The van der Waals surface area contributed by atoms with Gasteiger partial charge < -0.3 is 5.32 Å². The number of rotatable bonds is 4.